The minimum atomic E-state index is -0.833. The molecular formula is C2H7Na2O2. The van der Waals surface area contributed by atoms with Gasteiger partial charge in [0, 0.05) is 8.35 Å². The van der Waals surface area contributed by atoms with Gasteiger partial charge in [-0.05, 0) is 0 Å². The molecule has 0 aromatic heterocycles. The van der Waals surface area contributed by atoms with Crippen molar-refractivity contribution in [2.45, 2.75) is 6.92 Å². The van der Waals surface area contributed by atoms with Crippen LogP contribution < -0.4 is 0 Å². The van der Waals surface area contributed by atoms with Crippen LogP contribution in [0.2, 0.25) is 0 Å². The van der Waals surface area contributed by atoms with Crippen LogP contribution in [0.5, 0.6) is 0 Å². The molecule has 1 radical (unpaired) electrons. The molecule has 2 nitrogen and oxygen atoms in total. The van der Waals surface area contributed by atoms with E-state index in [9.17, 15) is 0 Å². The Hall–Kier alpha value is 1.47. The standard InChI is InChI=1S/C2H4O2.2Na.3H/c1-2(3)4;;;;;/h1H3,(H,3,4);;;;;. The Morgan fingerprint density at radius 1 is 1.67 bits per heavy atom. The van der Waals surface area contributed by atoms with Gasteiger partial charge in [-0.2, -0.15) is 0 Å². The van der Waals surface area contributed by atoms with Crippen molar-refractivity contribution in [1.29, 1.82) is 0 Å². The molecule has 6 heavy (non-hydrogen) atoms. The number of carbonyl (C=O) groups is 1. The van der Waals surface area contributed by atoms with E-state index in [2.05, 4.69) is 0 Å². The zero-order valence-electron chi connectivity index (χ0n) is 3.36. The zero-order chi connectivity index (χ0) is 3.58. The molecule has 0 aromatic rings. The predicted molar refractivity (Wildman–Crippen MR) is 28.7 cm³/mol. The Morgan fingerprint density at radius 2 is 1.67 bits per heavy atom. The summed E-state index contributed by atoms with van der Waals surface area (Å²) in [4.78, 5) is 9.00. The molecule has 0 aromatic carbocycles. The quantitative estimate of drug-likeness (QED) is 0.401. The second-order valence-electron chi connectivity index (χ2n) is 0.519. The van der Waals surface area contributed by atoms with E-state index >= 15 is 0 Å². The Balaban J connectivity index is -0.0000000150. The summed E-state index contributed by atoms with van der Waals surface area (Å²) in [7, 11) is 0. The third-order valence-electron chi connectivity index (χ3n) is 0. The van der Waals surface area contributed by atoms with Crippen molar-refractivity contribution in [1.82, 2.24) is 0 Å². The number of aliphatic carboxylic acids is 1. The SMILES string of the molecule is CC(=O)O.[H].[NaH].[NaH]. The van der Waals surface area contributed by atoms with Gasteiger partial charge in [0.15, 0.2) is 0 Å². The Morgan fingerprint density at radius 3 is 1.67 bits per heavy atom. The van der Waals surface area contributed by atoms with Crippen LogP contribution in [0, 0.1) is 0 Å². The summed E-state index contributed by atoms with van der Waals surface area (Å²) >= 11 is 0. The van der Waals surface area contributed by atoms with E-state index in [1.54, 1.807) is 0 Å². The summed E-state index contributed by atoms with van der Waals surface area (Å²) in [5, 5.41) is 7.42. The van der Waals surface area contributed by atoms with E-state index in [0.29, 0.717) is 0 Å². The van der Waals surface area contributed by atoms with Gasteiger partial charge in [-0.1, -0.05) is 0 Å². The van der Waals surface area contributed by atoms with Crippen molar-refractivity contribution in [3.63, 3.8) is 0 Å². The van der Waals surface area contributed by atoms with E-state index in [-0.39, 0.29) is 60.5 Å². The summed E-state index contributed by atoms with van der Waals surface area (Å²) in [6.45, 7) is 1.08. The second-order valence-corrected chi connectivity index (χ2v) is 0.519. The predicted octanol–water partition coefficient (Wildman–Crippen LogP) is -1.09. The molecule has 0 heterocycles. The van der Waals surface area contributed by atoms with Crippen LogP contribution in [0.1, 0.15) is 8.35 Å². The number of carboxylic acids is 1. The Labute approximate surface area is 82.4 Å². The number of carboxylic acid groups (broad SMARTS) is 1. The van der Waals surface area contributed by atoms with Gasteiger partial charge in [0.05, 0.1) is 0 Å². The van der Waals surface area contributed by atoms with Crippen LogP contribution in [-0.4, -0.2) is 70.2 Å². The molecule has 0 fully saturated rings. The molecule has 0 aliphatic heterocycles. The summed E-state index contributed by atoms with van der Waals surface area (Å²) < 4.78 is 0. The second kappa shape index (κ2) is 9.69. The molecular weight excluding hydrogens is 102 g/mol. The van der Waals surface area contributed by atoms with Crippen LogP contribution in [-0.2, 0) is 4.79 Å². The van der Waals surface area contributed by atoms with Gasteiger partial charge in [-0.25, -0.2) is 0 Å². The first-order chi connectivity index (χ1) is 1.73. The summed E-state index contributed by atoms with van der Waals surface area (Å²) in [5.74, 6) is -0.833. The van der Waals surface area contributed by atoms with E-state index in [1.807, 2.05) is 0 Å². The molecule has 0 aliphatic carbocycles. The van der Waals surface area contributed by atoms with E-state index in [1.165, 1.54) is 0 Å². The van der Waals surface area contributed by atoms with E-state index < -0.39 is 5.97 Å². The topological polar surface area (TPSA) is 37.3 Å². The fourth-order valence-electron chi connectivity index (χ4n) is 0. The van der Waals surface area contributed by atoms with E-state index in [4.69, 9.17) is 9.90 Å². The van der Waals surface area contributed by atoms with Gasteiger partial charge in [0.25, 0.3) is 5.97 Å². The molecule has 0 aliphatic rings. The molecule has 0 atom stereocenters. The molecule has 0 rings (SSSR count). The van der Waals surface area contributed by atoms with Gasteiger partial charge in [-0.15, -0.1) is 0 Å². The van der Waals surface area contributed by atoms with Gasteiger partial charge < -0.3 is 5.11 Å². The molecule has 0 saturated carbocycles. The molecule has 0 amide bonds. The van der Waals surface area contributed by atoms with Crippen molar-refractivity contribution in [2.75, 3.05) is 0 Å². The average Bonchev–Trinajstić information content (AvgIpc) is 0.811. The maximum absolute atomic E-state index is 9.00. The minimum absolute atomic E-state index is 0. The average molecular weight is 109 g/mol. The monoisotopic (exact) mass is 109 g/mol. The van der Waals surface area contributed by atoms with Crippen LogP contribution in [0.4, 0.5) is 0 Å². The van der Waals surface area contributed by atoms with Gasteiger partial charge in [-0.3, -0.25) is 4.79 Å². The third-order valence-corrected chi connectivity index (χ3v) is 0. The first-order valence-electron chi connectivity index (χ1n) is 0.928. The Kier molecular flexibility index (Phi) is 25.3. The Bertz CT molecular complexity index is 36.7. The van der Waals surface area contributed by atoms with Crippen molar-refractivity contribution < 1.29 is 11.3 Å². The van der Waals surface area contributed by atoms with Gasteiger partial charge >= 0.3 is 59.1 Å². The first-order valence-corrected chi connectivity index (χ1v) is 0.928. The van der Waals surface area contributed by atoms with Crippen molar-refractivity contribution in [3.8, 4) is 0 Å². The zero-order valence-corrected chi connectivity index (χ0v) is 2.36. The van der Waals surface area contributed by atoms with Crippen LogP contribution in [0.3, 0.4) is 0 Å². The summed E-state index contributed by atoms with van der Waals surface area (Å²) in [6, 6.07) is 0. The van der Waals surface area contributed by atoms with Crippen molar-refractivity contribution in [3.05, 3.63) is 0 Å². The number of hydrogen-bond acceptors (Lipinski definition) is 1. The summed E-state index contributed by atoms with van der Waals surface area (Å²) in [6.07, 6.45) is 0. The molecule has 0 bridgehead atoms. The van der Waals surface area contributed by atoms with Gasteiger partial charge in [0.1, 0.15) is 0 Å². The van der Waals surface area contributed by atoms with Crippen LogP contribution >= 0.6 is 0 Å². The fourth-order valence-corrected chi connectivity index (χ4v) is 0. The van der Waals surface area contributed by atoms with Crippen molar-refractivity contribution >= 4 is 65.1 Å². The molecule has 4 heteroatoms. The normalized spacial score (nSPS) is 4.17. The third kappa shape index (κ3) is 50.6. The van der Waals surface area contributed by atoms with Crippen LogP contribution in [0.15, 0.2) is 0 Å². The number of hydrogen-bond donors (Lipinski definition) is 1. The van der Waals surface area contributed by atoms with Gasteiger partial charge in [0.2, 0.25) is 0 Å². The maximum atomic E-state index is 9.00. The van der Waals surface area contributed by atoms with E-state index in [0.717, 1.165) is 6.92 Å². The van der Waals surface area contributed by atoms with Crippen LogP contribution in [0.25, 0.3) is 0 Å². The fraction of sp³-hybridized carbons (Fsp3) is 0.500. The number of rotatable bonds is 0. The molecule has 1 N–H and O–H groups in total. The van der Waals surface area contributed by atoms with Crippen molar-refractivity contribution in [2.24, 2.45) is 0 Å². The molecule has 0 spiro atoms. The molecule has 0 saturated heterocycles. The molecule has 0 unspecified atom stereocenters. The molecule has 29 valence electrons. The summed E-state index contributed by atoms with van der Waals surface area (Å²) in [5.41, 5.74) is 0. The first kappa shape index (κ1) is 15.6.